The molecule has 0 amide bonds. The molecule has 2 heteroatoms. The van der Waals surface area contributed by atoms with Crippen molar-refractivity contribution in [2.45, 2.75) is 105 Å². The Labute approximate surface area is 174 Å². The van der Waals surface area contributed by atoms with Gasteiger partial charge in [-0.2, -0.15) is 0 Å². The second-order valence-corrected chi connectivity index (χ2v) is 8.80. The summed E-state index contributed by atoms with van der Waals surface area (Å²) in [4.78, 5) is 12.5. The lowest BCUT2D eigenvalue weighted by molar-refractivity contribution is -0.150. The molecule has 1 aliphatic carbocycles. The van der Waals surface area contributed by atoms with Crippen LogP contribution < -0.4 is 0 Å². The maximum Gasteiger partial charge on any atom is 0.309 e. The highest BCUT2D eigenvalue weighted by Gasteiger charge is 2.24. The summed E-state index contributed by atoms with van der Waals surface area (Å²) in [7, 11) is 0. The van der Waals surface area contributed by atoms with E-state index < -0.39 is 0 Å². The number of hydrogen-bond donors (Lipinski definition) is 0. The molecule has 1 aliphatic rings. The molecule has 0 aromatic rings. The first-order valence-corrected chi connectivity index (χ1v) is 11.6. The van der Waals surface area contributed by atoms with Gasteiger partial charge < -0.3 is 4.74 Å². The summed E-state index contributed by atoms with van der Waals surface area (Å²) < 4.78 is 5.70. The van der Waals surface area contributed by atoms with Crippen molar-refractivity contribution in [3.05, 3.63) is 34.9 Å². The molecule has 2 nitrogen and oxygen atoms in total. The van der Waals surface area contributed by atoms with E-state index in [9.17, 15) is 4.79 Å². The van der Waals surface area contributed by atoms with Gasteiger partial charge >= 0.3 is 5.97 Å². The van der Waals surface area contributed by atoms with Gasteiger partial charge in [-0.3, -0.25) is 4.79 Å². The lowest BCUT2D eigenvalue weighted by Gasteiger charge is -2.23. The fourth-order valence-electron chi connectivity index (χ4n) is 3.81. The van der Waals surface area contributed by atoms with Crippen LogP contribution in [-0.2, 0) is 9.53 Å². The van der Waals surface area contributed by atoms with Crippen molar-refractivity contribution >= 4 is 5.97 Å². The average molecular weight is 389 g/mol. The van der Waals surface area contributed by atoms with E-state index >= 15 is 0 Å². The van der Waals surface area contributed by atoms with Gasteiger partial charge in [-0.05, 0) is 78.1 Å². The summed E-state index contributed by atoms with van der Waals surface area (Å²) in [5, 5.41) is 0. The first-order chi connectivity index (χ1) is 13.5. The van der Waals surface area contributed by atoms with E-state index in [1.54, 1.807) is 0 Å². The Morgan fingerprint density at radius 1 is 1.21 bits per heavy atom. The zero-order chi connectivity index (χ0) is 20.8. The molecular weight excluding hydrogens is 344 g/mol. The SMILES string of the molecule is CCCCC(CC)COC(=O)[C@H]1CCC=C(CC/C=C(\C)CCC=C(C)C)C1. The highest BCUT2D eigenvalue weighted by atomic mass is 16.5. The minimum atomic E-state index is 0.0361. The number of unbranched alkanes of at least 4 members (excludes halogenated alkanes) is 1. The molecule has 28 heavy (non-hydrogen) atoms. The van der Waals surface area contributed by atoms with Crippen molar-refractivity contribution in [2.24, 2.45) is 11.8 Å². The Kier molecular flexibility index (Phi) is 12.9. The van der Waals surface area contributed by atoms with Gasteiger partial charge in [0.25, 0.3) is 0 Å². The Morgan fingerprint density at radius 3 is 2.68 bits per heavy atom. The highest BCUT2D eigenvalue weighted by molar-refractivity contribution is 5.73. The number of carbonyl (C=O) groups excluding carboxylic acids is 1. The number of allylic oxidation sites excluding steroid dienone is 6. The summed E-state index contributed by atoms with van der Waals surface area (Å²) in [6, 6.07) is 0. The van der Waals surface area contributed by atoms with Crippen LogP contribution >= 0.6 is 0 Å². The van der Waals surface area contributed by atoms with E-state index in [2.05, 4.69) is 52.8 Å². The molecule has 0 saturated heterocycles. The van der Waals surface area contributed by atoms with Crippen molar-refractivity contribution in [3.63, 3.8) is 0 Å². The Balaban J connectivity index is 2.35. The third-order valence-electron chi connectivity index (χ3n) is 5.84. The molecule has 1 rings (SSSR count). The van der Waals surface area contributed by atoms with E-state index in [1.807, 2.05) is 0 Å². The van der Waals surface area contributed by atoms with Crippen LogP contribution in [0.15, 0.2) is 34.9 Å². The molecule has 0 aliphatic heterocycles. The van der Waals surface area contributed by atoms with Crippen molar-refractivity contribution in [3.8, 4) is 0 Å². The monoisotopic (exact) mass is 388 g/mol. The number of hydrogen-bond acceptors (Lipinski definition) is 2. The Morgan fingerprint density at radius 2 is 2.00 bits per heavy atom. The van der Waals surface area contributed by atoms with E-state index in [-0.39, 0.29) is 11.9 Å². The van der Waals surface area contributed by atoms with Crippen LogP contribution in [0.4, 0.5) is 0 Å². The number of esters is 1. The van der Waals surface area contributed by atoms with Crippen molar-refractivity contribution in [1.29, 1.82) is 0 Å². The molecule has 0 bridgehead atoms. The van der Waals surface area contributed by atoms with E-state index in [1.165, 1.54) is 36.0 Å². The summed E-state index contributed by atoms with van der Waals surface area (Å²) >= 11 is 0. The summed E-state index contributed by atoms with van der Waals surface area (Å²) in [6.07, 6.45) is 19.1. The second kappa shape index (κ2) is 14.7. The van der Waals surface area contributed by atoms with Gasteiger partial charge in [-0.1, -0.05) is 68.1 Å². The molecular formula is C26H44O2. The minimum absolute atomic E-state index is 0.0361. The van der Waals surface area contributed by atoms with Crippen molar-refractivity contribution < 1.29 is 9.53 Å². The third-order valence-corrected chi connectivity index (χ3v) is 5.84. The largest absolute Gasteiger partial charge is 0.465 e. The van der Waals surface area contributed by atoms with Gasteiger partial charge in [-0.15, -0.1) is 0 Å². The van der Waals surface area contributed by atoms with Crippen LogP contribution in [-0.4, -0.2) is 12.6 Å². The van der Waals surface area contributed by atoms with Crippen LogP contribution in [0.25, 0.3) is 0 Å². The van der Waals surface area contributed by atoms with E-state index in [0.717, 1.165) is 51.4 Å². The fraction of sp³-hybridized carbons (Fsp3) is 0.731. The first kappa shape index (κ1) is 24.7. The van der Waals surface area contributed by atoms with E-state index in [0.29, 0.717) is 12.5 Å². The Bertz CT molecular complexity index is 535. The molecule has 0 saturated carbocycles. The predicted octanol–water partition coefficient (Wildman–Crippen LogP) is 7.95. The standard InChI is InChI=1S/C26H44O2/c1-6-8-15-23(7-2)20-28-26(27)25-18-11-17-24(19-25)16-10-14-22(5)13-9-12-21(3)4/h12,14,17,23,25H,6-11,13,15-16,18-20H2,1-5H3/b22-14+/t23?,25-/m0/s1. The van der Waals surface area contributed by atoms with Gasteiger partial charge in [0.05, 0.1) is 12.5 Å². The van der Waals surface area contributed by atoms with Gasteiger partial charge in [0.15, 0.2) is 0 Å². The summed E-state index contributed by atoms with van der Waals surface area (Å²) in [5.41, 5.74) is 4.32. The van der Waals surface area contributed by atoms with Gasteiger partial charge in [0.1, 0.15) is 0 Å². The zero-order valence-corrected chi connectivity index (χ0v) is 19.2. The summed E-state index contributed by atoms with van der Waals surface area (Å²) in [6.45, 7) is 11.6. The molecule has 0 heterocycles. The topological polar surface area (TPSA) is 26.3 Å². The van der Waals surface area contributed by atoms with Crippen LogP contribution in [0.3, 0.4) is 0 Å². The smallest absolute Gasteiger partial charge is 0.309 e. The normalized spacial score (nSPS) is 18.4. The molecule has 0 aromatic heterocycles. The van der Waals surface area contributed by atoms with Crippen LogP contribution in [0.5, 0.6) is 0 Å². The van der Waals surface area contributed by atoms with Crippen LogP contribution in [0.2, 0.25) is 0 Å². The number of carbonyl (C=O) groups is 1. The van der Waals surface area contributed by atoms with Crippen molar-refractivity contribution in [2.75, 3.05) is 6.61 Å². The first-order valence-electron chi connectivity index (χ1n) is 11.6. The lowest BCUT2D eigenvalue weighted by atomic mass is 9.86. The number of ether oxygens (including phenoxy) is 1. The number of rotatable bonds is 13. The van der Waals surface area contributed by atoms with Gasteiger partial charge in [0.2, 0.25) is 0 Å². The van der Waals surface area contributed by atoms with Gasteiger partial charge in [0, 0.05) is 0 Å². The fourth-order valence-corrected chi connectivity index (χ4v) is 3.81. The highest BCUT2D eigenvalue weighted by Crippen LogP contribution is 2.28. The molecule has 1 unspecified atom stereocenters. The Hall–Kier alpha value is -1.31. The third kappa shape index (κ3) is 10.9. The minimum Gasteiger partial charge on any atom is -0.465 e. The summed E-state index contributed by atoms with van der Waals surface area (Å²) in [5.74, 6) is 0.641. The molecule has 0 N–H and O–H groups in total. The molecule has 160 valence electrons. The molecule has 2 atom stereocenters. The lowest BCUT2D eigenvalue weighted by Crippen LogP contribution is -2.23. The van der Waals surface area contributed by atoms with Crippen LogP contribution in [0.1, 0.15) is 105 Å². The second-order valence-electron chi connectivity index (χ2n) is 8.80. The molecule has 0 spiro atoms. The van der Waals surface area contributed by atoms with Gasteiger partial charge in [-0.25, -0.2) is 0 Å². The quantitative estimate of drug-likeness (QED) is 0.236. The predicted molar refractivity (Wildman–Crippen MR) is 121 cm³/mol. The maximum absolute atomic E-state index is 12.5. The average Bonchev–Trinajstić information content (AvgIpc) is 2.68. The van der Waals surface area contributed by atoms with Crippen molar-refractivity contribution in [1.82, 2.24) is 0 Å². The molecule has 0 radical (unpaired) electrons. The maximum atomic E-state index is 12.5. The van der Waals surface area contributed by atoms with Crippen LogP contribution in [0, 0.1) is 11.8 Å². The molecule has 0 fully saturated rings. The van der Waals surface area contributed by atoms with E-state index in [4.69, 9.17) is 4.74 Å². The molecule has 0 aromatic carbocycles. The zero-order valence-electron chi connectivity index (χ0n) is 19.2.